The molecule has 0 unspecified atom stereocenters. The fourth-order valence-electron chi connectivity index (χ4n) is 0.997. The number of hydrogen-bond acceptors (Lipinski definition) is 3. The van der Waals surface area contributed by atoms with Crippen molar-refractivity contribution in [3.63, 3.8) is 0 Å². The molecule has 1 aromatic carbocycles. The molecule has 0 N–H and O–H groups in total. The minimum Gasteiger partial charge on any atom is -0.395 e. The molecule has 0 amide bonds. The van der Waals surface area contributed by atoms with Crippen molar-refractivity contribution in [1.29, 1.82) is 0 Å². The molecule has 1 aromatic heterocycles. The van der Waals surface area contributed by atoms with Crippen molar-refractivity contribution in [2.75, 3.05) is 0 Å². The van der Waals surface area contributed by atoms with Crippen molar-refractivity contribution in [2.24, 2.45) is 0 Å². The Labute approximate surface area is 81.9 Å². The highest BCUT2D eigenvalue weighted by Crippen LogP contribution is 2.17. The highest BCUT2D eigenvalue weighted by molar-refractivity contribution is 9.10. The standard InChI is InChI=1S/C8H5BrN2O2/c9-6-3-1-2-4-7(6)11-8(12)13-5-10-11/h1-5H. The molecule has 0 saturated carbocycles. The van der Waals surface area contributed by atoms with E-state index < -0.39 is 5.76 Å². The third-order valence-electron chi connectivity index (χ3n) is 1.57. The lowest BCUT2D eigenvalue weighted by Gasteiger charge is -1.99. The summed E-state index contributed by atoms with van der Waals surface area (Å²) in [6, 6.07) is 7.28. The van der Waals surface area contributed by atoms with Crippen molar-refractivity contribution >= 4 is 15.9 Å². The van der Waals surface area contributed by atoms with Crippen LogP contribution in [0.5, 0.6) is 0 Å². The first-order valence-electron chi connectivity index (χ1n) is 3.57. The van der Waals surface area contributed by atoms with E-state index in [1.54, 1.807) is 6.07 Å². The van der Waals surface area contributed by atoms with Gasteiger partial charge in [-0.25, -0.2) is 4.79 Å². The topological polar surface area (TPSA) is 48.0 Å². The summed E-state index contributed by atoms with van der Waals surface area (Å²) in [7, 11) is 0. The molecule has 4 nitrogen and oxygen atoms in total. The third-order valence-corrected chi connectivity index (χ3v) is 2.24. The highest BCUT2D eigenvalue weighted by Gasteiger charge is 2.05. The molecule has 2 rings (SSSR count). The SMILES string of the molecule is O=c1ocnn1-c1ccccc1Br. The number of para-hydroxylation sites is 1. The molecule has 0 aliphatic rings. The number of rotatable bonds is 1. The number of benzene rings is 1. The zero-order valence-electron chi connectivity index (χ0n) is 6.48. The van der Waals surface area contributed by atoms with Crippen molar-refractivity contribution in [1.82, 2.24) is 9.78 Å². The lowest BCUT2D eigenvalue weighted by Crippen LogP contribution is -2.13. The fourth-order valence-corrected chi connectivity index (χ4v) is 1.45. The highest BCUT2D eigenvalue weighted by atomic mass is 79.9. The van der Waals surface area contributed by atoms with E-state index in [0.717, 1.165) is 10.9 Å². The maximum Gasteiger partial charge on any atom is 0.441 e. The van der Waals surface area contributed by atoms with Crippen molar-refractivity contribution in [3.05, 3.63) is 45.7 Å². The van der Waals surface area contributed by atoms with E-state index in [1.807, 2.05) is 18.2 Å². The van der Waals surface area contributed by atoms with Gasteiger partial charge in [-0.15, -0.1) is 5.10 Å². The van der Waals surface area contributed by atoms with E-state index >= 15 is 0 Å². The maximum absolute atomic E-state index is 11.1. The molecule has 0 atom stereocenters. The van der Waals surface area contributed by atoms with Crippen molar-refractivity contribution < 1.29 is 4.42 Å². The van der Waals surface area contributed by atoms with E-state index in [4.69, 9.17) is 0 Å². The summed E-state index contributed by atoms with van der Waals surface area (Å²) in [4.78, 5) is 11.1. The van der Waals surface area contributed by atoms with Gasteiger partial charge < -0.3 is 4.42 Å². The normalized spacial score (nSPS) is 10.2. The van der Waals surface area contributed by atoms with Gasteiger partial charge >= 0.3 is 5.76 Å². The Hall–Kier alpha value is -1.36. The third kappa shape index (κ3) is 1.42. The molecule has 2 aromatic rings. The molecule has 66 valence electrons. The first-order chi connectivity index (χ1) is 6.29. The van der Waals surface area contributed by atoms with Crippen LogP contribution in [-0.2, 0) is 0 Å². The molecule has 0 radical (unpaired) electrons. The van der Waals surface area contributed by atoms with E-state index in [0.29, 0.717) is 5.69 Å². The summed E-state index contributed by atoms with van der Waals surface area (Å²) < 4.78 is 6.53. The predicted octanol–water partition coefficient (Wildman–Crippen LogP) is 1.59. The van der Waals surface area contributed by atoms with Crippen molar-refractivity contribution in [2.45, 2.75) is 0 Å². The summed E-state index contributed by atoms with van der Waals surface area (Å²) in [5.41, 5.74) is 0.668. The van der Waals surface area contributed by atoms with Gasteiger partial charge in [0.15, 0.2) is 0 Å². The average molecular weight is 241 g/mol. The summed E-state index contributed by atoms with van der Waals surface area (Å²) >= 11 is 3.31. The van der Waals surface area contributed by atoms with Gasteiger partial charge in [0.1, 0.15) is 0 Å². The zero-order valence-corrected chi connectivity index (χ0v) is 8.06. The minimum absolute atomic E-state index is 0.494. The summed E-state index contributed by atoms with van der Waals surface area (Å²) in [6.07, 6.45) is 1.11. The first-order valence-corrected chi connectivity index (χ1v) is 4.36. The van der Waals surface area contributed by atoms with Gasteiger partial charge in [-0.2, -0.15) is 4.68 Å². The monoisotopic (exact) mass is 240 g/mol. The molecular formula is C8H5BrN2O2. The first kappa shape index (κ1) is 8.25. The van der Waals surface area contributed by atoms with Gasteiger partial charge in [-0.3, -0.25) is 0 Å². The van der Waals surface area contributed by atoms with Crippen LogP contribution < -0.4 is 5.76 Å². The fraction of sp³-hybridized carbons (Fsp3) is 0. The molecule has 0 aliphatic heterocycles. The molecule has 0 aliphatic carbocycles. The average Bonchev–Trinajstić information content (AvgIpc) is 2.52. The molecule has 1 heterocycles. The Morgan fingerprint density at radius 2 is 2.15 bits per heavy atom. The van der Waals surface area contributed by atoms with Crippen LogP contribution in [0.3, 0.4) is 0 Å². The van der Waals surface area contributed by atoms with Crippen LogP contribution in [0.4, 0.5) is 0 Å². The Morgan fingerprint density at radius 3 is 2.77 bits per heavy atom. The van der Waals surface area contributed by atoms with Crippen LogP contribution in [0.15, 0.2) is 44.3 Å². The molecule has 13 heavy (non-hydrogen) atoms. The van der Waals surface area contributed by atoms with Crippen LogP contribution in [0.2, 0.25) is 0 Å². The van der Waals surface area contributed by atoms with Gasteiger partial charge in [-0.1, -0.05) is 12.1 Å². The minimum atomic E-state index is -0.494. The lowest BCUT2D eigenvalue weighted by molar-refractivity contribution is 0.503. The van der Waals surface area contributed by atoms with Crippen LogP contribution in [0, 0.1) is 0 Å². The Kier molecular flexibility index (Phi) is 2.02. The zero-order chi connectivity index (χ0) is 9.26. The summed E-state index contributed by atoms with van der Waals surface area (Å²) in [5, 5.41) is 3.75. The van der Waals surface area contributed by atoms with E-state index in [1.165, 1.54) is 4.68 Å². The van der Waals surface area contributed by atoms with Crippen LogP contribution in [0.1, 0.15) is 0 Å². The molecule has 0 spiro atoms. The molecule has 0 fully saturated rings. The van der Waals surface area contributed by atoms with Gasteiger partial charge in [0.2, 0.25) is 6.39 Å². The van der Waals surface area contributed by atoms with E-state index in [2.05, 4.69) is 25.4 Å². The van der Waals surface area contributed by atoms with Crippen LogP contribution >= 0.6 is 15.9 Å². The second-order valence-electron chi connectivity index (χ2n) is 2.37. The molecule has 5 heteroatoms. The van der Waals surface area contributed by atoms with Gasteiger partial charge in [0.25, 0.3) is 0 Å². The van der Waals surface area contributed by atoms with E-state index in [9.17, 15) is 4.79 Å². The largest absolute Gasteiger partial charge is 0.441 e. The van der Waals surface area contributed by atoms with Gasteiger partial charge in [0, 0.05) is 4.47 Å². The maximum atomic E-state index is 11.1. The predicted molar refractivity (Wildman–Crippen MR) is 49.8 cm³/mol. The molecular weight excluding hydrogens is 236 g/mol. The van der Waals surface area contributed by atoms with Crippen LogP contribution in [0.25, 0.3) is 5.69 Å². The second-order valence-corrected chi connectivity index (χ2v) is 3.22. The van der Waals surface area contributed by atoms with Crippen molar-refractivity contribution in [3.8, 4) is 5.69 Å². The Morgan fingerprint density at radius 1 is 1.38 bits per heavy atom. The molecule has 0 saturated heterocycles. The molecule has 0 bridgehead atoms. The summed E-state index contributed by atoms with van der Waals surface area (Å²) in [5.74, 6) is -0.494. The van der Waals surface area contributed by atoms with Crippen LogP contribution in [-0.4, -0.2) is 9.78 Å². The van der Waals surface area contributed by atoms with Gasteiger partial charge in [0.05, 0.1) is 5.69 Å². The van der Waals surface area contributed by atoms with Gasteiger partial charge in [-0.05, 0) is 28.1 Å². The van der Waals surface area contributed by atoms with E-state index in [-0.39, 0.29) is 0 Å². The summed E-state index contributed by atoms with van der Waals surface area (Å²) in [6.45, 7) is 0. The quantitative estimate of drug-likeness (QED) is 0.761. The number of aromatic nitrogens is 2. The smallest absolute Gasteiger partial charge is 0.395 e. The Bertz CT molecular complexity index is 475. The second kappa shape index (κ2) is 3.18. The lowest BCUT2D eigenvalue weighted by atomic mass is 10.3. The number of hydrogen-bond donors (Lipinski definition) is 0. The Balaban J connectivity index is 2.66. The number of nitrogens with zero attached hydrogens (tertiary/aromatic N) is 2. The number of halogens is 1.